The highest BCUT2D eigenvalue weighted by atomic mass is 19.1. The largest absolute Gasteiger partial charge is 0.450 e. The van der Waals surface area contributed by atoms with Crippen LogP contribution in [-0.4, -0.2) is 12.7 Å². The van der Waals surface area contributed by atoms with Crippen molar-refractivity contribution in [3.8, 4) is 0 Å². The van der Waals surface area contributed by atoms with Gasteiger partial charge in [0.1, 0.15) is 5.82 Å². The van der Waals surface area contributed by atoms with Crippen molar-refractivity contribution in [1.82, 2.24) is 0 Å². The second-order valence-electron chi connectivity index (χ2n) is 5.24. The maximum Gasteiger partial charge on any atom is 0.411 e. The lowest BCUT2D eigenvalue weighted by atomic mass is 9.84. The third kappa shape index (κ3) is 3.45. The fourth-order valence-electron chi connectivity index (χ4n) is 1.86. The van der Waals surface area contributed by atoms with Gasteiger partial charge in [0.25, 0.3) is 0 Å². The minimum atomic E-state index is -0.640. The van der Waals surface area contributed by atoms with Crippen LogP contribution in [0.25, 0.3) is 0 Å². The van der Waals surface area contributed by atoms with E-state index in [0.29, 0.717) is 0 Å². The van der Waals surface area contributed by atoms with Crippen molar-refractivity contribution in [3.05, 3.63) is 29.1 Å². The Morgan fingerprint density at radius 1 is 1.39 bits per heavy atom. The first-order valence-electron chi connectivity index (χ1n) is 6.00. The van der Waals surface area contributed by atoms with Crippen molar-refractivity contribution in [2.24, 2.45) is 0 Å². The summed E-state index contributed by atoms with van der Waals surface area (Å²) in [5.74, 6) is -0.446. The van der Waals surface area contributed by atoms with Crippen LogP contribution in [-0.2, 0) is 10.2 Å². The molecule has 1 N–H and O–H groups in total. The van der Waals surface area contributed by atoms with Crippen molar-refractivity contribution in [2.75, 3.05) is 11.9 Å². The Labute approximate surface area is 107 Å². The molecular formula is C14H20FNO2. The number of rotatable bonds is 2. The minimum absolute atomic E-state index is 0.132. The molecule has 0 aliphatic heterocycles. The summed E-state index contributed by atoms with van der Waals surface area (Å²) >= 11 is 0. The molecule has 1 amide bonds. The zero-order valence-corrected chi connectivity index (χ0v) is 11.6. The molecule has 0 aliphatic carbocycles. The first-order chi connectivity index (χ1) is 8.25. The monoisotopic (exact) mass is 253 g/mol. The van der Waals surface area contributed by atoms with E-state index in [4.69, 9.17) is 4.74 Å². The van der Waals surface area contributed by atoms with Crippen LogP contribution < -0.4 is 5.32 Å². The predicted molar refractivity (Wildman–Crippen MR) is 70.5 cm³/mol. The van der Waals surface area contributed by atoms with Gasteiger partial charge in [-0.25, -0.2) is 9.18 Å². The highest BCUT2D eigenvalue weighted by Crippen LogP contribution is 2.29. The van der Waals surface area contributed by atoms with Gasteiger partial charge in [0.2, 0.25) is 0 Å². The summed E-state index contributed by atoms with van der Waals surface area (Å²) in [5, 5.41) is 2.39. The first kappa shape index (κ1) is 14.5. The number of hydrogen-bond acceptors (Lipinski definition) is 2. The van der Waals surface area contributed by atoms with E-state index < -0.39 is 11.9 Å². The van der Waals surface area contributed by atoms with E-state index in [0.717, 1.165) is 11.1 Å². The van der Waals surface area contributed by atoms with E-state index in [1.54, 1.807) is 13.0 Å². The molecule has 1 rings (SSSR count). The molecule has 4 heteroatoms. The molecule has 0 heterocycles. The summed E-state index contributed by atoms with van der Waals surface area (Å²) in [5.41, 5.74) is 1.89. The van der Waals surface area contributed by atoms with Gasteiger partial charge in [0, 0.05) is 0 Å². The van der Waals surface area contributed by atoms with Gasteiger partial charge in [0.05, 0.1) is 12.3 Å². The van der Waals surface area contributed by atoms with E-state index >= 15 is 0 Å². The fraction of sp³-hybridized carbons (Fsp3) is 0.500. The van der Waals surface area contributed by atoms with Crippen LogP contribution in [0, 0.1) is 12.7 Å². The normalized spacial score (nSPS) is 11.2. The zero-order valence-electron chi connectivity index (χ0n) is 11.6. The van der Waals surface area contributed by atoms with Crippen molar-refractivity contribution < 1.29 is 13.9 Å². The van der Waals surface area contributed by atoms with Crippen molar-refractivity contribution in [2.45, 2.75) is 40.0 Å². The molecule has 0 spiro atoms. The van der Waals surface area contributed by atoms with Crippen molar-refractivity contribution >= 4 is 11.8 Å². The number of anilines is 1. The Morgan fingerprint density at radius 2 is 2.00 bits per heavy atom. The Hall–Kier alpha value is -1.58. The molecule has 0 aromatic heterocycles. The standard InChI is InChI=1S/C14H20FNO2/c1-6-18-13(17)16-12-7-9(2)10(8-11(12)15)14(3,4)5/h7-8H,6H2,1-5H3,(H,16,17). The Balaban J connectivity index is 3.04. The Kier molecular flexibility index (Phi) is 4.33. The number of carbonyl (C=O) groups is 1. The molecule has 0 saturated heterocycles. The lowest BCUT2D eigenvalue weighted by Gasteiger charge is -2.22. The van der Waals surface area contributed by atoms with Gasteiger partial charge in [-0.05, 0) is 42.5 Å². The summed E-state index contributed by atoms with van der Waals surface area (Å²) in [6.45, 7) is 9.92. The molecule has 18 heavy (non-hydrogen) atoms. The summed E-state index contributed by atoms with van der Waals surface area (Å²) in [6, 6.07) is 3.10. The number of benzene rings is 1. The number of nitrogens with one attached hydrogen (secondary N) is 1. The van der Waals surface area contributed by atoms with Gasteiger partial charge < -0.3 is 4.74 Å². The lowest BCUT2D eigenvalue weighted by Crippen LogP contribution is -2.17. The zero-order chi connectivity index (χ0) is 13.9. The van der Waals surface area contributed by atoms with Crippen LogP contribution in [0.15, 0.2) is 12.1 Å². The number of carbonyl (C=O) groups excluding carboxylic acids is 1. The molecule has 1 aromatic rings. The van der Waals surface area contributed by atoms with Crippen LogP contribution in [0.1, 0.15) is 38.8 Å². The van der Waals surface area contributed by atoms with Crippen LogP contribution >= 0.6 is 0 Å². The molecule has 0 radical (unpaired) electrons. The predicted octanol–water partition coefficient (Wildman–Crippen LogP) is 4.00. The fourth-order valence-corrected chi connectivity index (χ4v) is 1.86. The van der Waals surface area contributed by atoms with Crippen LogP contribution in [0.2, 0.25) is 0 Å². The first-order valence-corrected chi connectivity index (χ1v) is 6.00. The van der Waals surface area contributed by atoms with E-state index in [-0.39, 0.29) is 17.7 Å². The lowest BCUT2D eigenvalue weighted by molar-refractivity contribution is 0.168. The number of amides is 1. The molecule has 1 aromatic carbocycles. The second-order valence-corrected chi connectivity index (χ2v) is 5.24. The average Bonchev–Trinajstić information content (AvgIpc) is 2.21. The van der Waals surface area contributed by atoms with Gasteiger partial charge in [0.15, 0.2) is 0 Å². The summed E-state index contributed by atoms with van der Waals surface area (Å²) in [7, 11) is 0. The third-order valence-electron chi connectivity index (χ3n) is 2.63. The summed E-state index contributed by atoms with van der Waals surface area (Å²) < 4.78 is 18.6. The molecule has 0 unspecified atom stereocenters. The molecule has 0 fully saturated rings. The average molecular weight is 253 g/mol. The van der Waals surface area contributed by atoms with E-state index in [1.165, 1.54) is 6.07 Å². The van der Waals surface area contributed by atoms with Gasteiger partial charge in [-0.15, -0.1) is 0 Å². The molecule has 0 atom stereocenters. The van der Waals surface area contributed by atoms with Crippen LogP contribution in [0.5, 0.6) is 0 Å². The highest BCUT2D eigenvalue weighted by Gasteiger charge is 2.19. The Morgan fingerprint density at radius 3 is 2.50 bits per heavy atom. The smallest absolute Gasteiger partial charge is 0.411 e. The summed E-state index contributed by atoms with van der Waals surface area (Å²) in [6.07, 6.45) is -0.640. The Bertz CT molecular complexity index is 450. The number of hydrogen-bond donors (Lipinski definition) is 1. The molecule has 0 saturated carbocycles. The third-order valence-corrected chi connectivity index (χ3v) is 2.63. The molecule has 100 valence electrons. The quantitative estimate of drug-likeness (QED) is 0.865. The second kappa shape index (κ2) is 5.38. The number of ether oxygens (including phenoxy) is 1. The van der Waals surface area contributed by atoms with Gasteiger partial charge in [-0.3, -0.25) is 5.32 Å². The van der Waals surface area contributed by atoms with Gasteiger partial charge in [-0.2, -0.15) is 0 Å². The maximum absolute atomic E-state index is 13.9. The SMILES string of the molecule is CCOC(=O)Nc1cc(C)c(C(C)(C)C)cc1F. The maximum atomic E-state index is 13.9. The van der Waals surface area contributed by atoms with Crippen molar-refractivity contribution in [3.63, 3.8) is 0 Å². The van der Waals surface area contributed by atoms with Gasteiger partial charge in [-0.1, -0.05) is 20.8 Å². The topological polar surface area (TPSA) is 38.3 Å². The molecule has 3 nitrogen and oxygen atoms in total. The molecular weight excluding hydrogens is 233 g/mol. The van der Waals surface area contributed by atoms with Crippen molar-refractivity contribution in [1.29, 1.82) is 0 Å². The van der Waals surface area contributed by atoms with E-state index in [1.807, 2.05) is 27.7 Å². The molecule has 0 aliphatic rings. The van der Waals surface area contributed by atoms with E-state index in [9.17, 15) is 9.18 Å². The highest BCUT2D eigenvalue weighted by molar-refractivity contribution is 5.85. The van der Waals surface area contributed by atoms with Crippen LogP contribution in [0.3, 0.4) is 0 Å². The van der Waals surface area contributed by atoms with Crippen LogP contribution in [0.4, 0.5) is 14.9 Å². The van der Waals surface area contributed by atoms with Gasteiger partial charge >= 0.3 is 6.09 Å². The minimum Gasteiger partial charge on any atom is -0.450 e. The number of aryl methyl sites for hydroxylation is 1. The summed E-state index contributed by atoms with van der Waals surface area (Å²) in [4.78, 5) is 11.3. The van der Waals surface area contributed by atoms with E-state index in [2.05, 4.69) is 5.32 Å². The molecule has 0 bridgehead atoms. The number of halogens is 1.